The number of aromatic nitrogens is 2. The second-order valence-corrected chi connectivity index (χ2v) is 7.18. The van der Waals surface area contributed by atoms with E-state index in [-0.39, 0.29) is 0 Å². The molecular formula is C11H19N3OS2. The smallest absolute Gasteiger partial charge is 0.174 e. The van der Waals surface area contributed by atoms with Crippen LogP contribution in [0.25, 0.3) is 0 Å². The lowest BCUT2D eigenvalue weighted by Crippen LogP contribution is -2.30. The zero-order valence-electron chi connectivity index (χ0n) is 10.3. The van der Waals surface area contributed by atoms with Crippen molar-refractivity contribution >= 4 is 23.1 Å². The highest BCUT2D eigenvalue weighted by molar-refractivity contribution is 8.01. The van der Waals surface area contributed by atoms with Crippen LogP contribution >= 0.6 is 23.1 Å². The molecule has 6 heteroatoms. The first-order chi connectivity index (χ1) is 8.24. The van der Waals surface area contributed by atoms with Gasteiger partial charge in [0.25, 0.3) is 0 Å². The fraction of sp³-hybridized carbons (Fsp3) is 0.818. The molecule has 0 spiro atoms. The predicted molar refractivity (Wildman–Crippen MR) is 71.8 cm³/mol. The molecule has 4 nitrogen and oxygen atoms in total. The maximum Gasteiger partial charge on any atom is 0.174 e. The average molecular weight is 273 g/mol. The largest absolute Gasteiger partial charge is 0.377 e. The summed E-state index contributed by atoms with van der Waals surface area (Å²) in [6, 6.07) is 0. The minimum Gasteiger partial charge on any atom is -0.377 e. The summed E-state index contributed by atoms with van der Waals surface area (Å²) in [4.78, 5) is 0. The Labute approximate surface area is 111 Å². The van der Waals surface area contributed by atoms with E-state index in [1.807, 2.05) is 6.92 Å². The number of thioether (sulfide) groups is 1. The van der Waals surface area contributed by atoms with E-state index < -0.39 is 0 Å². The monoisotopic (exact) mass is 273 g/mol. The van der Waals surface area contributed by atoms with Crippen LogP contribution in [0.5, 0.6) is 0 Å². The Kier molecular flexibility index (Phi) is 5.21. The summed E-state index contributed by atoms with van der Waals surface area (Å²) in [7, 11) is 0. The lowest BCUT2D eigenvalue weighted by molar-refractivity contribution is 0.110. The number of nitrogens with one attached hydrogen (secondary N) is 1. The van der Waals surface area contributed by atoms with Gasteiger partial charge in [-0.15, -0.1) is 10.2 Å². The van der Waals surface area contributed by atoms with Crippen LogP contribution < -0.4 is 5.32 Å². The molecule has 1 fully saturated rings. The summed E-state index contributed by atoms with van der Waals surface area (Å²) in [5.74, 6) is 0. The number of hydrogen-bond acceptors (Lipinski definition) is 6. The molecule has 0 aromatic carbocycles. The molecule has 0 bridgehead atoms. The summed E-state index contributed by atoms with van der Waals surface area (Å²) in [6.07, 6.45) is 2.83. The molecule has 0 aliphatic carbocycles. The van der Waals surface area contributed by atoms with Crippen LogP contribution in [0.2, 0.25) is 0 Å². The van der Waals surface area contributed by atoms with Gasteiger partial charge in [-0.05, 0) is 19.8 Å². The Morgan fingerprint density at radius 3 is 3.12 bits per heavy atom. The van der Waals surface area contributed by atoms with Crippen molar-refractivity contribution in [3.05, 3.63) is 5.01 Å². The van der Waals surface area contributed by atoms with Crippen molar-refractivity contribution in [3.8, 4) is 0 Å². The first kappa shape index (κ1) is 13.3. The standard InChI is InChI=1S/C11H19N3OS2/c1-8(16-11-14-13-9(2)17-11)6-12-7-10-4-3-5-15-10/h8,10,12H,3-7H2,1-2H3. The molecule has 1 aliphatic heterocycles. The molecular weight excluding hydrogens is 254 g/mol. The summed E-state index contributed by atoms with van der Waals surface area (Å²) in [5, 5.41) is 13.2. The van der Waals surface area contributed by atoms with Crippen LogP contribution in [0, 0.1) is 6.92 Å². The molecule has 2 heterocycles. The van der Waals surface area contributed by atoms with Crippen molar-refractivity contribution in [1.82, 2.24) is 15.5 Å². The van der Waals surface area contributed by atoms with Gasteiger partial charge in [0.15, 0.2) is 4.34 Å². The summed E-state index contributed by atoms with van der Waals surface area (Å²) < 4.78 is 6.63. The molecule has 2 rings (SSSR count). The molecule has 1 aromatic heterocycles. The Bertz CT molecular complexity index is 339. The highest BCUT2D eigenvalue weighted by atomic mass is 32.2. The maximum atomic E-state index is 5.57. The molecule has 17 heavy (non-hydrogen) atoms. The lowest BCUT2D eigenvalue weighted by Gasteiger charge is -2.13. The third-order valence-electron chi connectivity index (χ3n) is 2.64. The van der Waals surface area contributed by atoms with Crippen molar-refractivity contribution < 1.29 is 4.74 Å². The van der Waals surface area contributed by atoms with Gasteiger partial charge in [0.1, 0.15) is 5.01 Å². The molecule has 2 atom stereocenters. The number of hydrogen-bond donors (Lipinski definition) is 1. The van der Waals surface area contributed by atoms with Gasteiger partial charge in [-0.3, -0.25) is 0 Å². The van der Waals surface area contributed by atoms with Crippen LogP contribution in [0.4, 0.5) is 0 Å². The van der Waals surface area contributed by atoms with Crippen molar-refractivity contribution in [2.75, 3.05) is 19.7 Å². The van der Waals surface area contributed by atoms with Crippen molar-refractivity contribution in [1.29, 1.82) is 0 Å². The van der Waals surface area contributed by atoms with Crippen LogP contribution in [-0.4, -0.2) is 41.2 Å². The molecule has 1 aliphatic rings. The quantitative estimate of drug-likeness (QED) is 0.804. The normalized spacial score (nSPS) is 21.9. The van der Waals surface area contributed by atoms with E-state index in [1.165, 1.54) is 12.8 Å². The summed E-state index contributed by atoms with van der Waals surface area (Å²) >= 11 is 3.45. The Balaban J connectivity index is 1.61. The van der Waals surface area contributed by atoms with Gasteiger partial charge in [0.2, 0.25) is 0 Å². The Morgan fingerprint density at radius 1 is 1.59 bits per heavy atom. The molecule has 1 N–H and O–H groups in total. The topological polar surface area (TPSA) is 47.0 Å². The first-order valence-corrected chi connectivity index (χ1v) is 7.73. The fourth-order valence-corrected chi connectivity index (χ4v) is 3.89. The molecule has 0 saturated carbocycles. The van der Waals surface area contributed by atoms with E-state index in [2.05, 4.69) is 22.4 Å². The first-order valence-electron chi connectivity index (χ1n) is 6.03. The van der Waals surface area contributed by atoms with E-state index in [0.29, 0.717) is 11.4 Å². The van der Waals surface area contributed by atoms with E-state index in [4.69, 9.17) is 4.74 Å². The van der Waals surface area contributed by atoms with Crippen LogP contribution in [0.15, 0.2) is 4.34 Å². The van der Waals surface area contributed by atoms with Gasteiger partial charge in [0, 0.05) is 24.9 Å². The van der Waals surface area contributed by atoms with Gasteiger partial charge in [-0.2, -0.15) is 0 Å². The fourth-order valence-electron chi connectivity index (χ4n) is 1.79. The van der Waals surface area contributed by atoms with Crippen molar-refractivity contribution in [3.63, 3.8) is 0 Å². The van der Waals surface area contributed by atoms with Crippen molar-refractivity contribution in [2.24, 2.45) is 0 Å². The zero-order valence-corrected chi connectivity index (χ0v) is 11.9. The predicted octanol–water partition coefficient (Wildman–Crippen LogP) is 2.10. The van der Waals surface area contributed by atoms with Gasteiger partial charge in [-0.1, -0.05) is 30.0 Å². The minimum atomic E-state index is 0.427. The van der Waals surface area contributed by atoms with Crippen LogP contribution in [-0.2, 0) is 4.74 Å². The summed E-state index contributed by atoms with van der Waals surface area (Å²) in [5.41, 5.74) is 0. The highest BCUT2D eigenvalue weighted by Gasteiger charge is 2.15. The second kappa shape index (κ2) is 6.68. The van der Waals surface area contributed by atoms with Gasteiger partial charge in [0.05, 0.1) is 6.10 Å². The molecule has 2 unspecified atom stereocenters. The third kappa shape index (κ3) is 4.54. The minimum absolute atomic E-state index is 0.427. The second-order valence-electron chi connectivity index (χ2n) is 4.31. The zero-order chi connectivity index (χ0) is 12.1. The van der Waals surface area contributed by atoms with Gasteiger partial charge >= 0.3 is 0 Å². The van der Waals surface area contributed by atoms with Gasteiger partial charge in [-0.25, -0.2) is 0 Å². The number of aryl methyl sites for hydroxylation is 1. The average Bonchev–Trinajstić information content (AvgIpc) is 2.90. The van der Waals surface area contributed by atoms with Crippen LogP contribution in [0.1, 0.15) is 24.8 Å². The van der Waals surface area contributed by atoms with Gasteiger partial charge < -0.3 is 10.1 Å². The number of nitrogens with zero attached hydrogens (tertiary/aromatic N) is 2. The van der Waals surface area contributed by atoms with Crippen molar-refractivity contribution in [2.45, 2.75) is 42.4 Å². The Morgan fingerprint density at radius 2 is 2.47 bits per heavy atom. The van der Waals surface area contributed by atoms with E-state index in [0.717, 1.165) is 29.0 Å². The van der Waals surface area contributed by atoms with E-state index in [1.54, 1.807) is 23.1 Å². The molecule has 0 amide bonds. The molecule has 1 aromatic rings. The summed E-state index contributed by atoms with van der Waals surface area (Å²) in [6.45, 7) is 7.09. The van der Waals surface area contributed by atoms with E-state index >= 15 is 0 Å². The molecule has 0 radical (unpaired) electrons. The third-order valence-corrected chi connectivity index (χ3v) is 4.66. The SMILES string of the molecule is Cc1nnc(SC(C)CNCC2CCCO2)s1. The van der Waals surface area contributed by atoms with E-state index in [9.17, 15) is 0 Å². The number of ether oxygens (including phenoxy) is 1. The number of rotatable bonds is 6. The highest BCUT2D eigenvalue weighted by Crippen LogP contribution is 2.25. The maximum absolute atomic E-state index is 5.57. The molecule has 96 valence electrons. The Hall–Kier alpha value is -0.170. The molecule has 1 saturated heterocycles. The lowest BCUT2D eigenvalue weighted by atomic mass is 10.2. The van der Waals surface area contributed by atoms with Crippen LogP contribution in [0.3, 0.4) is 0 Å².